The predicted molar refractivity (Wildman–Crippen MR) is 95.8 cm³/mol. The topological polar surface area (TPSA) is 45.2 Å². The minimum atomic E-state index is 0.170. The number of carbonyl (C=O) groups is 1. The Kier molecular flexibility index (Phi) is 5.28. The van der Waals surface area contributed by atoms with Gasteiger partial charge in [-0.25, -0.2) is 4.98 Å². The molecule has 1 fully saturated rings. The van der Waals surface area contributed by atoms with Crippen LogP contribution in [0.5, 0.6) is 0 Å². The van der Waals surface area contributed by atoms with Crippen molar-refractivity contribution >= 4 is 22.4 Å². The lowest BCUT2D eigenvalue weighted by molar-refractivity contribution is -0.121. The number of amides is 1. The Hall–Kier alpha value is -1.88. The largest absolute Gasteiger partial charge is 0.352 e. The first kappa shape index (κ1) is 16.0. The molecule has 1 aliphatic heterocycles. The SMILES string of the molecule is CCCC(=O)NC1CCCN(c2ncc(-c3ccccc3)s2)C1. The van der Waals surface area contributed by atoms with Crippen LogP contribution in [-0.4, -0.2) is 30.0 Å². The zero-order valence-electron chi connectivity index (χ0n) is 13.5. The molecule has 1 aromatic heterocycles. The molecular formula is C18H23N3OS. The van der Waals surface area contributed by atoms with Crippen LogP contribution in [0.2, 0.25) is 0 Å². The fourth-order valence-corrected chi connectivity index (χ4v) is 3.90. The van der Waals surface area contributed by atoms with Gasteiger partial charge in [-0.3, -0.25) is 4.79 Å². The highest BCUT2D eigenvalue weighted by Gasteiger charge is 2.23. The smallest absolute Gasteiger partial charge is 0.220 e. The second-order valence-corrected chi connectivity index (χ2v) is 6.98. The summed E-state index contributed by atoms with van der Waals surface area (Å²) in [5, 5.41) is 4.21. The van der Waals surface area contributed by atoms with Gasteiger partial charge in [0, 0.05) is 31.7 Å². The molecule has 23 heavy (non-hydrogen) atoms. The van der Waals surface area contributed by atoms with E-state index in [-0.39, 0.29) is 11.9 Å². The van der Waals surface area contributed by atoms with Gasteiger partial charge < -0.3 is 10.2 Å². The van der Waals surface area contributed by atoms with Crippen LogP contribution >= 0.6 is 11.3 Å². The van der Waals surface area contributed by atoms with Crippen molar-refractivity contribution in [2.75, 3.05) is 18.0 Å². The number of anilines is 1. The van der Waals surface area contributed by atoms with Crippen LogP contribution in [0.1, 0.15) is 32.6 Å². The van der Waals surface area contributed by atoms with E-state index in [0.29, 0.717) is 6.42 Å². The van der Waals surface area contributed by atoms with Crippen LogP contribution in [0, 0.1) is 0 Å². The van der Waals surface area contributed by atoms with E-state index in [4.69, 9.17) is 0 Å². The van der Waals surface area contributed by atoms with Gasteiger partial charge in [-0.1, -0.05) is 48.6 Å². The van der Waals surface area contributed by atoms with Gasteiger partial charge in [0.15, 0.2) is 5.13 Å². The Bertz CT molecular complexity index is 641. The minimum absolute atomic E-state index is 0.170. The molecular weight excluding hydrogens is 306 g/mol. The molecule has 1 N–H and O–H groups in total. The fraction of sp³-hybridized carbons (Fsp3) is 0.444. The molecule has 0 radical (unpaired) electrons. The van der Waals surface area contributed by atoms with Crippen LogP contribution < -0.4 is 10.2 Å². The quantitative estimate of drug-likeness (QED) is 0.910. The van der Waals surface area contributed by atoms with E-state index in [0.717, 1.165) is 37.5 Å². The maximum absolute atomic E-state index is 11.8. The van der Waals surface area contributed by atoms with Crippen molar-refractivity contribution in [2.45, 2.75) is 38.6 Å². The number of nitrogens with one attached hydrogen (secondary N) is 1. The molecule has 2 aromatic rings. The number of nitrogens with zero attached hydrogens (tertiary/aromatic N) is 2. The summed E-state index contributed by atoms with van der Waals surface area (Å²) in [4.78, 5) is 19.9. The van der Waals surface area contributed by atoms with Gasteiger partial charge in [-0.15, -0.1) is 0 Å². The molecule has 1 unspecified atom stereocenters. The Morgan fingerprint density at radius 2 is 2.22 bits per heavy atom. The number of piperidine rings is 1. The van der Waals surface area contributed by atoms with E-state index >= 15 is 0 Å². The van der Waals surface area contributed by atoms with Crippen LogP contribution in [-0.2, 0) is 4.79 Å². The van der Waals surface area contributed by atoms with Crippen LogP contribution in [0.15, 0.2) is 36.5 Å². The Labute approximate surface area is 141 Å². The molecule has 122 valence electrons. The summed E-state index contributed by atoms with van der Waals surface area (Å²) in [7, 11) is 0. The molecule has 0 saturated carbocycles. The first-order valence-corrected chi connectivity index (χ1v) is 9.13. The third-order valence-electron chi connectivity index (χ3n) is 4.09. The number of rotatable bonds is 5. The van der Waals surface area contributed by atoms with Crippen molar-refractivity contribution in [1.29, 1.82) is 0 Å². The summed E-state index contributed by atoms with van der Waals surface area (Å²) in [6.45, 7) is 3.91. The zero-order valence-corrected chi connectivity index (χ0v) is 14.3. The molecule has 0 bridgehead atoms. The van der Waals surface area contributed by atoms with Crippen LogP contribution in [0.4, 0.5) is 5.13 Å². The summed E-state index contributed by atoms with van der Waals surface area (Å²) < 4.78 is 0. The van der Waals surface area contributed by atoms with Gasteiger partial charge in [0.1, 0.15) is 0 Å². The molecule has 3 rings (SSSR count). The van der Waals surface area contributed by atoms with E-state index in [1.54, 1.807) is 11.3 Å². The van der Waals surface area contributed by atoms with E-state index in [9.17, 15) is 4.79 Å². The lowest BCUT2D eigenvalue weighted by atomic mass is 10.1. The molecule has 1 atom stereocenters. The Morgan fingerprint density at radius 3 is 3.00 bits per heavy atom. The highest BCUT2D eigenvalue weighted by atomic mass is 32.1. The summed E-state index contributed by atoms with van der Waals surface area (Å²) in [5.41, 5.74) is 1.21. The Morgan fingerprint density at radius 1 is 1.39 bits per heavy atom. The van der Waals surface area contributed by atoms with Gasteiger partial charge in [0.25, 0.3) is 0 Å². The van der Waals surface area contributed by atoms with Gasteiger partial charge in [-0.05, 0) is 24.8 Å². The third kappa shape index (κ3) is 4.10. The lowest BCUT2D eigenvalue weighted by Gasteiger charge is -2.33. The number of hydrogen-bond donors (Lipinski definition) is 1. The first-order valence-electron chi connectivity index (χ1n) is 8.32. The maximum Gasteiger partial charge on any atom is 0.220 e. The zero-order chi connectivity index (χ0) is 16.1. The molecule has 1 aliphatic rings. The fourth-order valence-electron chi connectivity index (χ4n) is 2.94. The molecule has 1 aromatic carbocycles. The number of benzene rings is 1. The lowest BCUT2D eigenvalue weighted by Crippen LogP contribution is -2.47. The maximum atomic E-state index is 11.8. The monoisotopic (exact) mass is 329 g/mol. The van der Waals surface area contributed by atoms with Crippen molar-refractivity contribution in [3.63, 3.8) is 0 Å². The van der Waals surface area contributed by atoms with Gasteiger partial charge in [0.05, 0.1) is 4.88 Å². The highest BCUT2D eigenvalue weighted by Crippen LogP contribution is 2.32. The summed E-state index contributed by atoms with van der Waals surface area (Å²) in [6, 6.07) is 10.6. The van der Waals surface area contributed by atoms with E-state index in [1.165, 1.54) is 10.4 Å². The van der Waals surface area contributed by atoms with Gasteiger partial charge in [0.2, 0.25) is 5.91 Å². The van der Waals surface area contributed by atoms with E-state index < -0.39 is 0 Å². The van der Waals surface area contributed by atoms with Gasteiger partial charge >= 0.3 is 0 Å². The molecule has 4 nitrogen and oxygen atoms in total. The van der Waals surface area contributed by atoms with Crippen LogP contribution in [0.3, 0.4) is 0 Å². The molecule has 2 heterocycles. The second-order valence-electron chi connectivity index (χ2n) is 5.98. The van der Waals surface area contributed by atoms with E-state index in [1.807, 2.05) is 19.2 Å². The standard InChI is InChI=1S/C18H23N3OS/c1-2-7-17(22)20-15-10-6-11-21(13-15)18-19-12-16(23-18)14-8-4-3-5-9-14/h3-5,8-9,12,15H,2,6-7,10-11,13H2,1H3,(H,20,22). The summed E-state index contributed by atoms with van der Waals surface area (Å²) in [5.74, 6) is 0.170. The normalized spacial score (nSPS) is 18.0. The summed E-state index contributed by atoms with van der Waals surface area (Å²) >= 11 is 1.73. The van der Waals surface area contributed by atoms with Gasteiger partial charge in [-0.2, -0.15) is 0 Å². The molecule has 5 heteroatoms. The third-order valence-corrected chi connectivity index (χ3v) is 5.19. The minimum Gasteiger partial charge on any atom is -0.352 e. The van der Waals surface area contributed by atoms with Crippen molar-refractivity contribution in [3.8, 4) is 10.4 Å². The average molecular weight is 329 g/mol. The summed E-state index contributed by atoms with van der Waals surface area (Å²) in [6.07, 6.45) is 5.62. The number of thiazole rings is 1. The molecule has 0 aliphatic carbocycles. The van der Waals surface area contributed by atoms with Crippen molar-refractivity contribution in [1.82, 2.24) is 10.3 Å². The second kappa shape index (κ2) is 7.59. The molecule has 1 saturated heterocycles. The number of hydrogen-bond acceptors (Lipinski definition) is 4. The van der Waals surface area contributed by atoms with Crippen molar-refractivity contribution < 1.29 is 4.79 Å². The average Bonchev–Trinajstić information content (AvgIpc) is 3.06. The number of aromatic nitrogens is 1. The van der Waals surface area contributed by atoms with E-state index in [2.05, 4.69) is 39.5 Å². The first-order chi connectivity index (χ1) is 11.3. The highest BCUT2D eigenvalue weighted by molar-refractivity contribution is 7.18. The van der Waals surface area contributed by atoms with Crippen molar-refractivity contribution in [3.05, 3.63) is 36.5 Å². The molecule has 0 spiro atoms. The van der Waals surface area contributed by atoms with Crippen LogP contribution in [0.25, 0.3) is 10.4 Å². The predicted octanol–water partition coefficient (Wildman–Crippen LogP) is 3.70. The van der Waals surface area contributed by atoms with Crippen molar-refractivity contribution in [2.24, 2.45) is 0 Å². The Balaban J connectivity index is 1.65. The molecule has 1 amide bonds. The number of carbonyl (C=O) groups excluding carboxylic acids is 1.